The number of hydrogen-bond acceptors (Lipinski definition) is 2. The summed E-state index contributed by atoms with van der Waals surface area (Å²) >= 11 is 0. The Bertz CT molecular complexity index is 132. The molecule has 11 heavy (non-hydrogen) atoms. The average molecular weight is 160 g/mol. The minimum absolute atomic E-state index is 0.0180. The zero-order valence-electron chi connectivity index (χ0n) is 6.70. The lowest BCUT2D eigenvalue weighted by atomic mass is 9.62. The molecule has 0 heterocycles. The van der Waals surface area contributed by atoms with Crippen LogP contribution in [-0.2, 0) is 0 Å². The summed E-state index contributed by atoms with van der Waals surface area (Å²) in [6.45, 7) is 1.82. The number of alkyl halides is 1. The Morgan fingerprint density at radius 2 is 2.00 bits per heavy atom. The molecule has 1 rings (SSSR count). The van der Waals surface area contributed by atoms with E-state index in [1.54, 1.807) is 0 Å². The van der Waals surface area contributed by atoms with E-state index in [1.165, 1.54) is 0 Å². The second-order valence-corrected chi connectivity index (χ2v) is 3.48. The Hall–Kier alpha value is -0.0851. The Balaban J connectivity index is 2.40. The van der Waals surface area contributed by atoms with Crippen LogP contribution in [0.15, 0.2) is 0 Å². The minimum atomic E-state index is -1.26. The molecular formula is C7H14BFO2. The molecule has 0 spiro atoms. The first-order valence-corrected chi connectivity index (χ1v) is 4.11. The normalized spacial score (nSPS) is 38.7. The molecule has 1 aliphatic rings. The van der Waals surface area contributed by atoms with Crippen LogP contribution in [0.1, 0.15) is 26.2 Å². The molecule has 3 atom stereocenters. The van der Waals surface area contributed by atoms with E-state index in [-0.39, 0.29) is 11.7 Å². The number of hydrogen-bond donors (Lipinski definition) is 2. The van der Waals surface area contributed by atoms with Crippen molar-refractivity contribution in [3.63, 3.8) is 0 Å². The first kappa shape index (κ1) is 9.01. The van der Waals surface area contributed by atoms with Crippen molar-refractivity contribution in [2.45, 2.75) is 38.2 Å². The van der Waals surface area contributed by atoms with E-state index in [0.717, 1.165) is 0 Å². The summed E-state index contributed by atoms with van der Waals surface area (Å²) in [5.74, 6) is -0.132. The van der Waals surface area contributed by atoms with Crippen molar-refractivity contribution >= 4 is 7.12 Å². The third-order valence-electron chi connectivity index (χ3n) is 2.53. The van der Waals surface area contributed by atoms with Crippen LogP contribution in [0.2, 0.25) is 5.82 Å². The van der Waals surface area contributed by atoms with Crippen LogP contribution in [0.3, 0.4) is 0 Å². The lowest BCUT2D eigenvalue weighted by Gasteiger charge is -2.28. The minimum Gasteiger partial charge on any atom is -0.427 e. The van der Waals surface area contributed by atoms with E-state index in [0.29, 0.717) is 19.3 Å². The maximum Gasteiger partial charge on any atom is 0.454 e. The summed E-state index contributed by atoms with van der Waals surface area (Å²) in [5, 5.41) is 17.6. The molecule has 0 amide bonds. The van der Waals surface area contributed by atoms with Gasteiger partial charge in [-0.15, -0.1) is 0 Å². The lowest BCUT2D eigenvalue weighted by Crippen LogP contribution is -2.30. The van der Waals surface area contributed by atoms with E-state index in [2.05, 4.69) is 0 Å². The molecule has 3 unspecified atom stereocenters. The van der Waals surface area contributed by atoms with Crippen LogP contribution >= 0.6 is 0 Å². The van der Waals surface area contributed by atoms with Gasteiger partial charge in [0, 0.05) is 0 Å². The molecule has 0 radical (unpaired) electrons. The van der Waals surface area contributed by atoms with Crippen LogP contribution < -0.4 is 0 Å². The van der Waals surface area contributed by atoms with Crippen molar-refractivity contribution < 1.29 is 14.4 Å². The summed E-state index contributed by atoms with van der Waals surface area (Å²) < 4.78 is 12.9. The van der Waals surface area contributed by atoms with E-state index in [1.807, 2.05) is 6.92 Å². The molecule has 2 nitrogen and oxygen atoms in total. The highest BCUT2D eigenvalue weighted by molar-refractivity contribution is 6.43. The molecule has 64 valence electrons. The second-order valence-electron chi connectivity index (χ2n) is 3.48. The molecule has 2 N–H and O–H groups in total. The highest BCUT2D eigenvalue weighted by atomic mass is 19.1. The summed E-state index contributed by atoms with van der Waals surface area (Å²) in [6, 6.07) is 0. The highest BCUT2D eigenvalue weighted by Crippen LogP contribution is 2.35. The number of rotatable bonds is 1. The molecule has 1 fully saturated rings. The van der Waals surface area contributed by atoms with Gasteiger partial charge in [0.05, 0.1) is 0 Å². The molecule has 4 heteroatoms. The maximum atomic E-state index is 12.9. The zero-order chi connectivity index (χ0) is 8.43. The first-order chi connectivity index (χ1) is 5.11. The van der Waals surface area contributed by atoms with E-state index in [9.17, 15) is 4.39 Å². The molecule has 0 aromatic rings. The highest BCUT2D eigenvalue weighted by Gasteiger charge is 2.33. The molecule has 0 aromatic heterocycles. The fourth-order valence-electron chi connectivity index (χ4n) is 1.67. The molecule has 1 aliphatic carbocycles. The number of halogens is 1. The lowest BCUT2D eigenvalue weighted by molar-refractivity contribution is 0.169. The van der Waals surface area contributed by atoms with Crippen molar-refractivity contribution in [3.05, 3.63) is 0 Å². The van der Waals surface area contributed by atoms with Gasteiger partial charge in [0.1, 0.15) is 6.17 Å². The van der Waals surface area contributed by atoms with Gasteiger partial charge in [0.15, 0.2) is 0 Å². The summed E-state index contributed by atoms with van der Waals surface area (Å²) in [5.41, 5.74) is 0. The largest absolute Gasteiger partial charge is 0.454 e. The zero-order valence-corrected chi connectivity index (χ0v) is 6.70. The summed E-state index contributed by atoms with van der Waals surface area (Å²) in [6.07, 6.45) is 0.927. The first-order valence-electron chi connectivity index (χ1n) is 4.11. The third-order valence-corrected chi connectivity index (χ3v) is 2.53. The maximum absolute atomic E-state index is 12.9. The quantitative estimate of drug-likeness (QED) is 0.561. The standard InChI is InChI=1S/C7H14BFO2/c1-5-4-6(8(10)11)2-3-7(5)9/h5-7,10-11H,2-4H2,1H3. The molecule has 0 bridgehead atoms. The van der Waals surface area contributed by atoms with Gasteiger partial charge in [-0.3, -0.25) is 0 Å². The van der Waals surface area contributed by atoms with Crippen molar-refractivity contribution in [2.75, 3.05) is 0 Å². The third kappa shape index (κ3) is 2.17. The Morgan fingerprint density at radius 1 is 1.36 bits per heavy atom. The second kappa shape index (κ2) is 3.54. The summed E-state index contributed by atoms with van der Waals surface area (Å²) in [7, 11) is -1.26. The molecular weight excluding hydrogens is 146 g/mol. The van der Waals surface area contributed by atoms with Gasteiger partial charge in [0.25, 0.3) is 0 Å². The average Bonchev–Trinajstić information content (AvgIpc) is 1.94. The fraction of sp³-hybridized carbons (Fsp3) is 1.00. The predicted molar refractivity (Wildman–Crippen MR) is 41.9 cm³/mol. The van der Waals surface area contributed by atoms with Crippen LogP contribution in [0.4, 0.5) is 4.39 Å². The van der Waals surface area contributed by atoms with Crippen LogP contribution in [0, 0.1) is 5.92 Å². The smallest absolute Gasteiger partial charge is 0.427 e. The van der Waals surface area contributed by atoms with Crippen LogP contribution in [0.5, 0.6) is 0 Å². The SMILES string of the molecule is CC1CC(B(O)O)CCC1F. The van der Waals surface area contributed by atoms with Gasteiger partial charge in [0.2, 0.25) is 0 Å². The van der Waals surface area contributed by atoms with Gasteiger partial charge < -0.3 is 10.0 Å². The molecule has 1 saturated carbocycles. The van der Waals surface area contributed by atoms with Crippen molar-refractivity contribution in [3.8, 4) is 0 Å². The Kier molecular flexibility index (Phi) is 2.90. The van der Waals surface area contributed by atoms with Crippen LogP contribution in [0.25, 0.3) is 0 Å². The van der Waals surface area contributed by atoms with E-state index >= 15 is 0 Å². The summed E-state index contributed by atoms with van der Waals surface area (Å²) in [4.78, 5) is 0. The molecule has 0 aliphatic heterocycles. The molecule has 0 saturated heterocycles. The van der Waals surface area contributed by atoms with Gasteiger partial charge in [-0.1, -0.05) is 6.92 Å². The topological polar surface area (TPSA) is 40.5 Å². The van der Waals surface area contributed by atoms with Crippen LogP contribution in [-0.4, -0.2) is 23.3 Å². The monoisotopic (exact) mass is 160 g/mol. The predicted octanol–water partition coefficient (Wildman–Crippen LogP) is 0.987. The van der Waals surface area contributed by atoms with E-state index in [4.69, 9.17) is 10.0 Å². The van der Waals surface area contributed by atoms with Crippen molar-refractivity contribution in [1.29, 1.82) is 0 Å². The van der Waals surface area contributed by atoms with E-state index < -0.39 is 13.3 Å². The fourth-order valence-corrected chi connectivity index (χ4v) is 1.67. The van der Waals surface area contributed by atoms with Gasteiger partial charge in [-0.05, 0) is 31.0 Å². The van der Waals surface area contributed by atoms with Gasteiger partial charge >= 0.3 is 7.12 Å². The Labute approximate surface area is 66.6 Å². The van der Waals surface area contributed by atoms with Crippen molar-refractivity contribution in [1.82, 2.24) is 0 Å². The van der Waals surface area contributed by atoms with Gasteiger partial charge in [-0.25, -0.2) is 4.39 Å². The molecule has 0 aromatic carbocycles. The van der Waals surface area contributed by atoms with Gasteiger partial charge in [-0.2, -0.15) is 0 Å². The Morgan fingerprint density at radius 3 is 2.45 bits per heavy atom. The van der Waals surface area contributed by atoms with Crippen molar-refractivity contribution in [2.24, 2.45) is 5.92 Å².